The molecule has 0 aromatic heterocycles. The van der Waals surface area contributed by atoms with E-state index in [4.69, 9.17) is 11.6 Å². The number of rotatable bonds is 10. The summed E-state index contributed by atoms with van der Waals surface area (Å²) in [6.07, 6.45) is 0.458. The summed E-state index contributed by atoms with van der Waals surface area (Å²) in [5.74, 6) is 0.770. The Morgan fingerprint density at radius 3 is 2.27 bits per heavy atom. The fraction of sp³-hybridized carbons (Fsp3) is 0.259. The van der Waals surface area contributed by atoms with Crippen molar-refractivity contribution in [1.29, 1.82) is 0 Å². The SMILES string of the molecule is CNC(=O)C(Cc1ccccc1)N(Cc1ccccc1C)C(=O)CSCc1ccc(Cl)cc1. The molecule has 172 valence electrons. The molecule has 0 aliphatic carbocycles. The molecule has 0 aliphatic rings. The maximum Gasteiger partial charge on any atom is 0.242 e. The second kappa shape index (κ2) is 12.5. The molecular formula is C27H29ClN2O2S. The van der Waals surface area contributed by atoms with Gasteiger partial charge in [-0.05, 0) is 41.3 Å². The van der Waals surface area contributed by atoms with Gasteiger partial charge in [-0.25, -0.2) is 0 Å². The molecule has 0 heterocycles. The zero-order valence-corrected chi connectivity index (χ0v) is 20.5. The Morgan fingerprint density at radius 1 is 0.939 bits per heavy atom. The predicted octanol–water partition coefficient (Wildman–Crippen LogP) is 5.27. The van der Waals surface area contributed by atoms with Crippen LogP contribution in [0.15, 0.2) is 78.9 Å². The zero-order chi connectivity index (χ0) is 23.6. The lowest BCUT2D eigenvalue weighted by Gasteiger charge is -2.31. The van der Waals surface area contributed by atoms with Crippen molar-refractivity contribution in [3.8, 4) is 0 Å². The minimum atomic E-state index is -0.597. The van der Waals surface area contributed by atoms with Gasteiger partial charge in [0.2, 0.25) is 11.8 Å². The van der Waals surface area contributed by atoms with E-state index in [1.165, 1.54) is 0 Å². The first kappa shape index (κ1) is 24.9. The first-order valence-electron chi connectivity index (χ1n) is 10.9. The van der Waals surface area contributed by atoms with Gasteiger partial charge in [0.05, 0.1) is 5.75 Å². The van der Waals surface area contributed by atoms with Crippen molar-refractivity contribution in [2.24, 2.45) is 0 Å². The summed E-state index contributed by atoms with van der Waals surface area (Å²) >= 11 is 7.51. The summed E-state index contributed by atoms with van der Waals surface area (Å²) in [5.41, 5.74) is 4.26. The Bertz CT molecular complexity index is 1060. The number of likely N-dealkylation sites (N-methyl/N-ethyl adjacent to an activating group) is 1. The van der Waals surface area contributed by atoms with Crippen LogP contribution in [0.4, 0.5) is 0 Å². The number of halogens is 1. The minimum absolute atomic E-state index is 0.0539. The lowest BCUT2D eigenvalue weighted by molar-refractivity contribution is -0.139. The lowest BCUT2D eigenvalue weighted by atomic mass is 10.0. The number of amides is 2. The van der Waals surface area contributed by atoms with Gasteiger partial charge in [0.1, 0.15) is 6.04 Å². The topological polar surface area (TPSA) is 49.4 Å². The third kappa shape index (κ3) is 7.37. The average molecular weight is 481 g/mol. The number of hydrogen-bond acceptors (Lipinski definition) is 3. The van der Waals surface area contributed by atoms with Crippen LogP contribution in [0, 0.1) is 6.92 Å². The Hall–Kier alpha value is -2.76. The summed E-state index contributed by atoms with van der Waals surface area (Å²) in [5, 5.41) is 3.45. The summed E-state index contributed by atoms with van der Waals surface area (Å²) < 4.78 is 0. The third-order valence-corrected chi connectivity index (χ3v) is 6.77. The second-order valence-electron chi connectivity index (χ2n) is 7.89. The van der Waals surface area contributed by atoms with E-state index in [9.17, 15) is 9.59 Å². The molecule has 1 atom stereocenters. The van der Waals surface area contributed by atoms with Crippen LogP contribution in [-0.2, 0) is 28.3 Å². The van der Waals surface area contributed by atoms with Crippen molar-refractivity contribution in [3.63, 3.8) is 0 Å². The molecule has 0 saturated heterocycles. The van der Waals surface area contributed by atoms with Crippen molar-refractivity contribution in [3.05, 3.63) is 106 Å². The van der Waals surface area contributed by atoms with Crippen LogP contribution in [0.2, 0.25) is 5.02 Å². The number of carbonyl (C=O) groups excluding carboxylic acids is 2. The van der Waals surface area contributed by atoms with Crippen molar-refractivity contribution in [2.45, 2.75) is 31.7 Å². The van der Waals surface area contributed by atoms with E-state index in [1.807, 2.05) is 85.8 Å². The van der Waals surface area contributed by atoms with Gasteiger partial charge in [-0.15, -0.1) is 11.8 Å². The Labute approximate surface area is 205 Å². The van der Waals surface area contributed by atoms with E-state index in [1.54, 1.807) is 23.7 Å². The molecule has 2 amide bonds. The summed E-state index contributed by atoms with van der Waals surface area (Å²) in [6.45, 7) is 2.41. The van der Waals surface area contributed by atoms with Gasteiger partial charge in [0, 0.05) is 30.8 Å². The van der Waals surface area contributed by atoms with Crippen LogP contribution < -0.4 is 5.32 Å². The van der Waals surface area contributed by atoms with Gasteiger partial charge >= 0.3 is 0 Å². The van der Waals surface area contributed by atoms with Crippen molar-refractivity contribution >= 4 is 35.2 Å². The maximum atomic E-state index is 13.5. The Morgan fingerprint density at radius 2 is 1.61 bits per heavy atom. The van der Waals surface area contributed by atoms with Crippen molar-refractivity contribution < 1.29 is 9.59 Å². The van der Waals surface area contributed by atoms with Crippen LogP contribution in [0.3, 0.4) is 0 Å². The van der Waals surface area contributed by atoms with E-state index in [0.717, 1.165) is 22.3 Å². The molecule has 0 radical (unpaired) electrons. The standard InChI is InChI=1S/C27H29ClN2O2S/c1-20-8-6-7-11-23(20)17-30(25(27(32)29-2)16-21-9-4-3-5-10-21)26(31)19-33-18-22-12-14-24(28)15-13-22/h3-15,25H,16-19H2,1-2H3,(H,29,32). The van der Waals surface area contributed by atoms with Crippen LogP contribution in [-0.4, -0.2) is 35.6 Å². The predicted molar refractivity (Wildman–Crippen MR) is 137 cm³/mol. The van der Waals surface area contributed by atoms with Crippen LogP contribution in [0.5, 0.6) is 0 Å². The molecule has 3 aromatic rings. The first-order chi connectivity index (χ1) is 16.0. The fourth-order valence-electron chi connectivity index (χ4n) is 3.61. The van der Waals surface area contributed by atoms with Crippen molar-refractivity contribution in [1.82, 2.24) is 10.2 Å². The molecule has 0 saturated carbocycles. The highest BCUT2D eigenvalue weighted by Gasteiger charge is 2.29. The summed E-state index contributed by atoms with van der Waals surface area (Å²) in [6, 6.07) is 24.8. The highest BCUT2D eigenvalue weighted by Crippen LogP contribution is 2.20. The fourth-order valence-corrected chi connectivity index (χ4v) is 4.61. The molecule has 0 fully saturated rings. The molecule has 0 spiro atoms. The number of nitrogens with one attached hydrogen (secondary N) is 1. The van der Waals surface area contributed by atoms with Crippen molar-refractivity contribution in [2.75, 3.05) is 12.8 Å². The number of carbonyl (C=O) groups is 2. The molecular weight excluding hydrogens is 452 g/mol. The van der Waals surface area contributed by atoms with E-state index < -0.39 is 6.04 Å². The lowest BCUT2D eigenvalue weighted by Crippen LogP contribution is -2.50. The molecule has 33 heavy (non-hydrogen) atoms. The number of aryl methyl sites for hydroxylation is 1. The molecule has 3 aromatic carbocycles. The van der Waals surface area contributed by atoms with Gasteiger partial charge in [-0.1, -0.05) is 78.3 Å². The molecule has 0 bridgehead atoms. The second-order valence-corrected chi connectivity index (χ2v) is 9.31. The minimum Gasteiger partial charge on any atom is -0.357 e. The van der Waals surface area contributed by atoms with Gasteiger partial charge in [-0.3, -0.25) is 9.59 Å². The monoisotopic (exact) mass is 480 g/mol. The van der Waals surface area contributed by atoms with Crippen LogP contribution >= 0.6 is 23.4 Å². The van der Waals surface area contributed by atoms with E-state index >= 15 is 0 Å². The van der Waals surface area contributed by atoms with Gasteiger partial charge in [-0.2, -0.15) is 0 Å². The number of hydrogen-bond donors (Lipinski definition) is 1. The highest BCUT2D eigenvalue weighted by atomic mass is 35.5. The Balaban J connectivity index is 1.81. The molecule has 1 unspecified atom stereocenters. The average Bonchev–Trinajstić information content (AvgIpc) is 2.83. The van der Waals surface area contributed by atoms with E-state index in [2.05, 4.69) is 5.32 Å². The van der Waals surface area contributed by atoms with Gasteiger partial charge < -0.3 is 10.2 Å². The molecule has 1 N–H and O–H groups in total. The van der Waals surface area contributed by atoms with Crippen LogP contribution in [0.1, 0.15) is 22.3 Å². The number of benzene rings is 3. The maximum absolute atomic E-state index is 13.5. The summed E-state index contributed by atoms with van der Waals surface area (Å²) in [4.78, 5) is 28.1. The van der Waals surface area contributed by atoms with E-state index in [-0.39, 0.29) is 17.6 Å². The van der Waals surface area contributed by atoms with Gasteiger partial charge in [0.25, 0.3) is 0 Å². The molecule has 3 rings (SSSR count). The highest BCUT2D eigenvalue weighted by molar-refractivity contribution is 7.99. The molecule has 0 aliphatic heterocycles. The smallest absolute Gasteiger partial charge is 0.242 e. The third-order valence-electron chi connectivity index (χ3n) is 5.53. The van der Waals surface area contributed by atoms with Gasteiger partial charge in [0.15, 0.2) is 0 Å². The van der Waals surface area contributed by atoms with E-state index in [0.29, 0.717) is 23.7 Å². The summed E-state index contributed by atoms with van der Waals surface area (Å²) in [7, 11) is 1.62. The zero-order valence-electron chi connectivity index (χ0n) is 19.0. The largest absolute Gasteiger partial charge is 0.357 e. The normalized spacial score (nSPS) is 11.6. The van der Waals surface area contributed by atoms with Crippen LogP contribution in [0.25, 0.3) is 0 Å². The number of thioether (sulfide) groups is 1. The quantitative estimate of drug-likeness (QED) is 0.430. The number of nitrogens with zero attached hydrogens (tertiary/aromatic N) is 1. The molecule has 4 nitrogen and oxygen atoms in total. The molecule has 6 heteroatoms. The first-order valence-corrected chi connectivity index (χ1v) is 12.4. The Kier molecular flexibility index (Phi) is 9.40.